The van der Waals surface area contributed by atoms with E-state index in [2.05, 4.69) is 16.4 Å². The number of likely N-dealkylation sites (tertiary alicyclic amines) is 1. The number of carbonyl (C=O) groups excluding carboxylic acids is 3. The van der Waals surface area contributed by atoms with Crippen molar-refractivity contribution in [1.29, 1.82) is 0 Å². The SMILES string of the molecule is CC(OC(=O)CN1CCCCCC1=O)C(=O)Nc1ccc(Cc2nc3ccccc3s2)cc1. The molecule has 2 heterocycles. The van der Waals surface area contributed by atoms with E-state index >= 15 is 0 Å². The molecule has 1 unspecified atom stereocenters. The van der Waals surface area contributed by atoms with E-state index in [9.17, 15) is 14.4 Å². The van der Waals surface area contributed by atoms with Crippen LogP contribution in [0, 0.1) is 0 Å². The van der Waals surface area contributed by atoms with Crippen molar-refractivity contribution in [2.24, 2.45) is 0 Å². The van der Waals surface area contributed by atoms with Gasteiger partial charge in [-0.05, 0) is 49.6 Å². The summed E-state index contributed by atoms with van der Waals surface area (Å²) in [5.74, 6) is -1.02. The number of benzene rings is 2. The highest BCUT2D eigenvalue weighted by atomic mass is 32.1. The lowest BCUT2D eigenvalue weighted by Gasteiger charge is -2.20. The lowest BCUT2D eigenvalue weighted by Crippen LogP contribution is -2.38. The Morgan fingerprint density at radius 2 is 1.91 bits per heavy atom. The van der Waals surface area contributed by atoms with Crippen LogP contribution in [0.2, 0.25) is 0 Å². The van der Waals surface area contributed by atoms with Gasteiger partial charge in [-0.1, -0.05) is 30.7 Å². The second-order valence-corrected chi connectivity index (χ2v) is 9.31. The molecule has 4 rings (SSSR count). The largest absolute Gasteiger partial charge is 0.451 e. The van der Waals surface area contributed by atoms with Gasteiger partial charge in [-0.2, -0.15) is 0 Å². The van der Waals surface area contributed by atoms with E-state index in [-0.39, 0.29) is 12.5 Å². The molecule has 8 heteroatoms. The van der Waals surface area contributed by atoms with Crippen LogP contribution in [0.3, 0.4) is 0 Å². The van der Waals surface area contributed by atoms with Crippen LogP contribution in [-0.4, -0.2) is 46.9 Å². The Labute approximate surface area is 196 Å². The topological polar surface area (TPSA) is 88.6 Å². The van der Waals surface area contributed by atoms with Gasteiger partial charge in [-0.3, -0.25) is 14.4 Å². The summed E-state index contributed by atoms with van der Waals surface area (Å²) in [6.07, 6.45) is 2.93. The van der Waals surface area contributed by atoms with Crippen LogP contribution >= 0.6 is 11.3 Å². The van der Waals surface area contributed by atoms with Crippen LogP contribution in [0.25, 0.3) is 10.2 Å². The third-order valence-corrected chi connectivity index (χ3v) is 6.62. The van der Waals surface area contributed by atoms with Gasteiger partial charge >= 0.3 is 5.97 Å². The first-order valence-electron chi connectivity index (χ1n) is 11.2. The fraction of sp³-hybridized carbons (Fsp3) is 0.360. The van der Waals surface area contributed by atoms with Crippen molar-refractivity contribution in [2.45, 2.75) is 45.1 Å². The highest BCUT2D eigenvalue weighted by Crippen LogP contribution is 2.24. The predicted molar refractivity (Wildman–Crippen MR) is 128 cm³/mol. The molecular formula is C25H27N3O4S. The van der Waals surface area contributed by atoms with Crippen LogP contribution in [0.5, 0.6) is 0 Å². The molecule has 0 saturated carbocycles. The Balaban J connectivity index is 1.27. The number of thiazole rings is 1. The molecule has 1 aromatic heterocycles. The van der Waals surface area contributed by atoms with Crippen molar-refractivity contribution in [3.05, 3.63) is 59.1 Å². The van der Waals surface area contributed by atoms with Crippen molar-refractivity contribution in [2.75, 3.05) is 18.4 Å². The third-order valence-electron chi connectivity index (χ3n) is 5.58. The number of esters is 1. The normalized spacial score (nSPS) is 15.2. The van der Waals surface area contributed by atoms with E-state index in [0.29, 0.717) is 18.7 Å². The lowest BCUT2D eigenvalue weighted by molar-refractivity contribution is -0.156. The molecule has 172 valence electrons. The Morgan fingerprint density at radius 1 is 1.12 bits per heavy atom. The van der Waals surface area contributed by atoms with E-state index in [1.165, 1.54) is 16.5 Å². The minimum atomic E-state index is -0.956. The van der Waals surface area contributed by atoms with Crippen LogP contribution in [-0.2, 0) is 25.5 Å². The molecule has 7 nitrogen and oxygen atoms in total. The van der Waals surface area contributed by atoms with E-state index in [0.717, 1.165) is 41.8 Å². The van der Waals surface area contributed by atoms with Crippen LogP contribution in [0.15, 0.2) is 48.5 Å². The number of para-hydroxylation sites is 1. The van der Waals surface area contributed by atoms with Gasteiger partial charge in [-0.15, -0.1) is 11.3 Å². The molecule has 1 fully saturated rings. The number of carbonyl (C=O) groups is 3. The monoisotopic (exact) mass is 465 g/mol. The van der Waals surface area contributed by atoms with Gasteiger partial charge in [0, 0.05) is 25.1 Å². The van der Waals surface area contributed by atoms with Gasteiger partial charge in [0.1, 0.15) is 6.54 Å². The molecule has 33 heavy (non-hydrogen) atoms. The van der Waals surface area contributed by atoms with Gasteiger partial charge in [0.25, 0.3) is 5.91 Å². The molecule has 1 N–H and O–H groups in total. The molecule has 1 aliphatic rings. The minimum Gasteiger partial charge on any atom is -0.451 e. The van der Waals surface area contributed by atoms with Gasteiger partial charge in [-0.25, -0.2) is 4.98 Å². The summed E-state index contributed by atoms with van der Waals surface area (Å²) < 4.78 is 6.42. The zero-order valence-electron chi connectivity index (χ0n) is 18.6. The van der Waals surface area contributed by atoms with Crippen molar-refractivity contribution >= 4 is 45.0 Å². The number of nitrogens with one attached hydrogen (secondary N) is 1. The number of aromatic nitrogens is 1. The van der Waals surface area contributed by atoms with Crippen molar-refractivity contribution in [1.82, 2.24) is 9.88 Å². The Bertz CT molecular complexity index is 1110. The molecule has 0 aliphatic carbocycles. The summed E-state index contributed by atoms with van der Waals surface area (Å²) in [5.41, 5.74) is 2.72. The summed E-state index contributed by atoms with van der Waals surface area (Å²) in [6, 6.07) is 15.6. The highest BCUT2D eigenvalue weighted by molar-refractivity contribution is 7.18. The number of ether oxygens (including phenoxy) is 1. The number of amides is 2. The number of rotatable bonds is 7. The molecular weight excluding hydrogens is 438 g/mol. The third kappa shape index (κ3) is 6.16. The Kier molecular flexibility index (Phi) is 7.34. The fourth-order valence-corrected chi connectivity index (χ4v) is 4.77. The molecule has 2 amide bonds. The maximum absolute atomic E-state index is 12.5. The van der Waals surface area contributed by atoms with Gasteiger partial charge in [0.15, 0.2) is 6.10 Å². The zero-order chi connectivity index (χ0) is 23.2. The zero-order valence-corrected chi connectivity index (χ0v) is 19.4. The average molecular weight is 466 g/mol. The van der Waals surface area contributed by atoms with Crippen LogP contribution in [0.1, 0.15) is 43.2 Å². The lowest BCUT2D eigenvalue weighted by atomic mass is 10.1. The summed E-state index contributed by atoms with van der Waals surface area (Å²) in [7, 11) is 0. The van der Waals surface area contributed by atoms with Crippen LogP contribution in [0.4, 0.5) is 5.69 Å². The quantitative estimate of drug-likeness (QED) is 0.530. The standard InChI is InChI=1S/C25H27N3O4S/c1-17(32-24(30)16-28-14-6-2-3-9-23(28)29)25(31)26-19-12-10-18(11-13-19)15-22-27-20-7-4-5-8-21(20)33-22/h4-5,7-8,10-13,17H,2-3,6,9,14-16H2,1H3,(H,26,31). The van der Waals surface area contributed by atoms with Crippen molar-refractivity contribution in [3.63, 3.8) is 0 Å². The van der Waals surface area contributed by atoms with Gasteiger partial charge < -0.3 is 15.0 Å². The Hall–Kier alpha value is -3.26. The predicted octanol–water partition coefficient (Wildman–Crippen LogP) is 4.16. The average Bonchev–Trinajstić information content (AvgIpc) is 3.10. The molecule has 0 spiro atoms. The summed E-state index contributed by atoms with van der Waals surface area (Å²) in [4.78, 5) is 42.9. The fourth-order valence-electron chi connectivity index (χ4n) is 3.77. The second-order valence-electron chi connectivity index (χ2n) is 8.20. The van der Waals surface area contributed by atoms with Gasteiger partial charge in [0.05, 0.1) is 15.2 Å². The summed E-state index contributed by atoms with van der Waals surface area (Å²) >= 11 is 1.68. The smallest absolute Gasteiger partial charge is 0.326 e. The number of hydrogen-bond acceptors (Lipinski definition) is 6. The van der Waals surface area contributed by atoms with E-state index in [4.69, 9.17) is 4.74 Å². The molecule has 1 atom stereocenters. The van der Waals surface area contributed by atoms with Gasteiger partial charge in [0.2, 0.25) is 5.91 Å². The summed E-state index contributed by atoms with van der Waals surface area (Å²) in [5, 5.41) is 3.81. The van der Waals surface area contributed by atoms with E-state index in [1.807, 2.05) is 42.5 Å². The van der Waals surface area contributed by atoms with E-state index in [1.54, 1.807) is 11.3 Å². The van der Waals surface area contributed by atoms with Crippen molar-refractivity contribution in [3.8, 4) is 0 Å². The van der Waals surface area contributed by atoms with E-state index < -0.39 is 18.0 Å². The maximum atomic E-state index is 12.5. The number of fused-ring (bicyclic) bond motifs is 1. The number of hydrogen-bond donors (Lipinski definition) is 1. The summed E-state index contributed by atoms with van der Waals surface area (Å²) in [6.45, 7) is 1.97. The second kappa shape index (κ2) is 10.6. The van der Waals surface area contributed by atoms with Crippen molar-refractivity contribution < 1.29 is 19.1 Å². The number of anilines is 1. The molecule has 1 aliphatic heterocycles. The minimum absolute atomic E-state index is 0.0347. The molecule has 3 aromatic rings. The maximum Gasteiger partial charge on any atom is 0.326 e. The number of nitrogens with zero attached hydrogens (tertiary/aromatic N) is 2. The first-order valence-corrected chi connectivity index (χ1v) is 12.0. The first kappa shape index (κ1) is 22.9. The Morgan fingerprint density at radius 3 is 2.70 bits per heavy atom. The highest BCUT2D eigenvalue weighted by Gasteiger charge is 2.23. The molecule has 0 bridgehead atoms. The first-order chi connectivity index (χ1) is 16.0. The molecule has 1 saturated heterocycles. The molecule has 2 aromatic carbocycles. The molecule has 0 radical (unpaired) electrons. The van der Waals surface area contributed by atoms with Crippen LogP contribution < -0.4 is 5.32 Å².